The number of aryl methyl sites for hydroxylation is 1. The van der Waals surface area contributed by atoms with Crippen LogP contribution in [0.5, 0.6) is 0 Å². The molecule has 2 rings (SSSR count). The fraction of sp³-hybridized carbons (Fsp3) is 0.400. The Morgan fingerprint density at radius 1 is 1.47 bits per heavy atom. The SMILES string of the molecule is Cc1ccc(C(=O)N2CC(C(=O)O)C2)o1. The van der Waals surface area contributed by atoms with E-state index in [2.05, 4.69) is 0 Å². The van der Waals surface area contributed by atoms with Crippen LogP contribution in [-0.2, 0) is 4.79 Å². The van der Waals surface area contributed by atoms with Crippen molar-refractivity contribution in [2.45, 2.75) is 6.92 Å². The maximum absolute atomic E-state index is 11.6. The van der Waals surface area contributed by atoms with Crippen LogP contribution in [-0.4, -0.2) is 35.0 Å². The first kappa shape index (κ1) is 9.76. The summed E-state index contributed by atoms with van der Waals surface area (Å²) in [6.07, 6.45) is 0. The number of furan rings is 1. The van der Waals surface area contributed by atoms with E-state index in [1.54, 1.807) is 19.1 Å². The number of rotatable bonds is 2. The van der Waals surface area contributed by atoms with Gasteiger partial charge in [0.05, 0.1) is 5.92 Å². The Morgan fingerprint density at radius 2 is 2.13 bits per heavy atom. The largest absolute Gasteiger partial charge is 0.481 e. The molecule has 0 saturated carbocycles. The van der Waals surface area contributed by atoms with Crippen LogP contribution in [0, 0.1) is 12.8 Å². The number of amides is 1. The Labute approximate surface area is 86.3 Å². The summed E-state index contributed by atoms with van der Waals surface area (Å²) in [4.78, 5) is 23.6. The van der Waals surface area contributed by atoms with Crippen molar-refractivity contribution in [1.29, 1.82) is 0 Å². The monoisotopic (exact) mass is 209 g/mol. The maximum atomic E-state index is 11.6. The Morgan fingerprint density at radius 3 is 2.60 bits per heavy atom. The number of carbonyl (C=O) groups excluding carboxylic acids is 1. The minimum Gasteiger partial charge on any atom is -0.481 e. The molecule has 1 amide bonds. The van der Waals surface area contributed by atoms with Gasteiger partial charge in [0.2, 0.25) is 0 Å². The van der Waals surface area contributed by atoms with Crippen LogP contribution in [0.4, 0.5) is 0 Å². The van der Waals surface area contributed by atoms with Crippen LogP contribution in [0.1, 0.15) is 16.3 Å². The molecule has 0 aliphatic carbocycles. The molecule has 80 valence electrons. The Kier molecular flexibility index (Phi) is 2.22. The van der Waals surface area contributed by atoms with E-state index in [9.17, 15) is 9.59 Å². The number of carboxylic acids is 1. The van der Waals surface area contributed by atoms with E-state index in [4.69, 9.17) is 9.52 Å². The van der Waals surface area contributed by atoms with Crippen molar-refractivity contribution < 1.29 is 19.1 Å². The summed E-state index contributed by atoms with van der Waals surface area (Å²) >= 11 is 0. The molecule has 1 saturated heterocycles. The van der Waals surface area contributed by atoms with E-state index in [1.807, 2.05) is 0 Å². The summed E-state index contributed by atoms with van der Waals surface area (Å²) in [5.74, 6) is -0.565. The van der Waals surface area contributed by atoms with Crippen LogP contribution in [0.3, 0.4) is 0 Å². The fourth-order valence-corrected chi connectivity index (χ4v) is 1.51. The van der Waals surface area contributed by atoms with E-state index in [0.29, 0.717) is 5.76 Å². The number of carbonyl (C=O) groups is 2. The van der Waals surface area contributed by atoms with E-state index in [1.165, 1.54) is 4.90 Å². The quantitative estimate of drug-likeness (QED) is 0.780. The van der Waals surface area contributed by atoms with Gasteiger partial charge in [-0.15, -0.1) is 0 Å². The number of hydrogen-bond acceptors (Lipinski definition) is 3. The first-order valence-electron chi connectivity index (χ1n) is 4.66. The van der Waals surface area contributed by atoms with Crippen molar-refractivity contribution in [3.05, 3.63) is 23.7 Å². The number of hydrogen-bond donors (Lipinski definition) is 1. The second-order valence-electron chi connectivity index (χ2n) is 3.66. The van der Waals surface area contributed by atoms with Crippen LogP contribution < -0.4 is 0 Å². The first-order valence-corrected chi connectivity index (χ1v) is 4.66. The van der Waals surface area contributed by atoms with E-state index in [-0.39, 0.29) is 24.8 Å². The molecule has 5 heteroatoms. The third kappa shape index (κ3) is 1.72. The van der Waals surface area contributed by atoms with Crippen molar-refractivity contribution in [2.75, 3.05) is 13.1 Å². The zero-order valence-corrected chi connectivity index (χ0v) is 8.27. The Balaban J connectivity index is 1.97. The molecule has 0 spiro atoms. The predicted molar refractivity (Wildman–Crippen MR) is 50.5 cm³/mol. The van der Waals surface area contributed by atoms with E-state index >= 15 is 0 Å². The maximum Gasteiger partial charge on any atom is 0.310 e. The highest BCUT2D eigenvalue weighted by atomic mass is 16.4. The molecule has 1 aromatic heterocycles. The molecule has 15 heavy (non-hydrogen) atoms. The molecule has 1 aliphatic rings. The highest BCUT2D eigenvalue weighted by Crippen LogP contribution is 2.19. The molecule has 2 heterocycles. The van der Waals surface area contributed by atoms with Gasteiger partial charge in [0.25, 0.3) is 5.91 Å². The Bertz CT molecular complexity index is 403. The average Bonchev–Trinajstić information content (AvgIpc) is 2.48. The van der Waals surface area contributed by atoms with Gasteiger partial charge in [-0.1, -0.05) is 0 Å². The molecule has 0 atom stereocenters. The molecular weight excluding hydrogens is 198 g/mol. The topological polar surface area (TPSA) is 70.8 Å². The van der Waals surface area contributed by atoms with Gasteiger partial charge in [-0.25, -0.2) is 0 Å². The molecule has 0 aromatic carbocycles. The lowest BCUT2D eigenvalue weighted by atomic mass is 10.0. The number of nitrogens with zero attached hydrogens (tertiary/aromatic N) is 1. The minimum atomic E-state index is -0.852. The molecule has 1 N–H and O–H groups in total. The van der Waals surface area contributed by atoms with Crippen molar-refractivity contribution in [2.24, 2.45) is 5.92 Å². The van der Waals surface area contributed by atoms with Gasteiger partial charge in [-0.05, 0) is 19.1 Å². The molecule has 0 unspecified atom stereocenters. The molecule has 0 radical (unpaired) electrons. The Hall–Kier alpha value is -1.78. The third-order valence-electron chi connectivity index (χ3n) is 2.47. The van der Waals surface area contributed by atoms with Gasteiger partial charge in [0, 0.05) is 13.1 Å². The summed E-state index contributed by atoms with van der Waals surface area (Å²) < 4.78 is 5.16. The molecule has 1 aliphatic heterocycles. The minimum absolute atomic E-state index is 0.236. The van der Waals surface area contributed by atoms with Crippen LogP contribution >= 0.6 is 0 Å². The molecule has 1 aromatic rings. The predicted octanol–water partition coefficient (Wildman–Crippen LogP) is 0.745. The van der Waals surface area contributed by atoms with Gasteiger partial charge in [0.15, 0.2) is 5.76 Å². The molecule has 5 nitrogen and oxygen atoms in total. The van der Waals surface area contributed by atoms with Gasteiger partial charge >= 0.3 is 5.97 Å². The third-order valence-corrected chi connectivity index (χ3v) is 2.47. The highest BCUT2D eigenvalue weighted by Gasteiger charge is 2.36. The lowest BCUT2D eigenvalue weighted by Crippen LogP contribution is -2.52. The summed E-state index contributed by atoms with van der Waals surface area (Å²) in [7, 11) is 0. The van der Waals surface area contributed by atoms with Gasteiger partial charge in [-0.3, -0.25) is 9.59 Å². The second kappa shape index (κ2) is 3.42. The highest BCUT2D eigenvalue weighted by molar-refractivity contribution is 5.93. The standard InChI is InChI=1S/C10H11NO4/c1-6-2-3-8(15-6)9(12)11-4-7(5-11)10(13)14/h2-3,7H,4-5H2,1H3,(H,13,14). The number of aliphatic carboxylic acids is 1. The summed E-state index contributed by atoms with van der Waals surface area (Å²) in [5.41, 5.74) is 0. The summed E-state index contributed by atoms with van der Waals surface area (Å²) in [6.45, 7) is 2.30. The number of carboxylic acid groups (broad SMARTS) is 1. The second-order valence-corrected chi connectivity index (χ2v) is 3.66. The van der Waals surface area contributed by atoms with Gasteiger partial charge in [0.1, 0.15) is 5.76 Å². The van der Waals surface area contributed by atoms with E-state index < -0.39 is 11.9 Å². The summed E-state index contributed by atoms with van der Waals surface area (Å²) in [5, 5.41) is 8.65. The van der Waals surface area contributed by atoms with Crippen molar-refractivity contribution in [3.8, 4) is 0 Å². The van der Waals surface area contributed by atoms with E-state index in [0.717, 1.165) is 0 Å². The van der Waals surface area contributed by atoms with Crippen molar-refractivity contribution in [1.82, 2.24) is 4.90 Å². The lowest BCUT2D eigenvalue weighted by molar-refractivity contribution is -0.146. The first-order chi connectivity index (χ1) is 7.08. The number of likely N-dealkylation sites (tertiary alicyclic amines) is 1. The normalized spacial score (nSPS) is 16.2. The zero-order chi connectivity index (χ0) is 11.0. The summed E-state index contributed by atoms with van der Waals surface area (Å²) in [6, 6.07) is 3.31. The van der Waals surface area contributed by atoms with Gasteiger partial charge < -0.3 is 14.4 Å². The van der Waals surface area contributed by atoms with Crippen LogP contribution in [0.2, 0.25) is 0 Å². The smallest absolute Gasteiger partial charge is 0.310 e. The van der Waals surface area contributed by atoms with Gasteiger partial charge in [-0.2, -0.15) is 0 Å². The molecular formula is C10H11NO4. The van der Waals surface area contributed by atoms with Crippen LogP contribution in [0.25, 0.3) is 0 Å². The lowest BCUT2D eigenvalue weighted by Gasteiger charge is -2.35. The molecule has 1 fully saturated rings. The fourth-order valence-electron chi connectivity index (χ4n) is 1.51. The van der Waals surface area contributed by atoms with Crippen LogP contribution in [0.15, 0.2) is 16.5 Å². The van der Waals surface area contributed by atoms with Crippen molar-refractivity contribution >= 4 is 11.9 Å². The average molecular weight is 209 g/mol. The molecule has 0 bridgehead atoms. The zero-order valence-electron chi connectivity index (χ0n) is 8.27. The van der Waals surface area contributed by atoms with Crippen molar-refractivity contribution in [3.63, 3.8) is 0 Å².